The smallest absolute Gasteiger partial charge is 0.312 e. The molecule has 0 aromatic heterocycles. The molecule has 0 aliphatic carbocycles. The van der Waals surface area contributed by atoms with E-state index in [2.05, 4.69) is 10.6 Å². The number of primary amides is 1. The molecule has 0 bridgehead atoms. The quantitative estimate of drug-likeness (QED) is 0.408. The molecule has 108 valence electrons. The third-order valence-electron chi connectivity index (χ3n) is 2.20. The highest BCUT2D eigenvalue weighted by Crippen LogP contribution is 2.22. The van der Waals surface area contributed by atoms with Gasteiger partial charge in [-0.3, -0.25) is 14.9 Å². The van der Waals surface area contributed by atoms with Crippen molar-refractivity contribution in [3.05, 3.63) is 39.4 Å². The lowest BCUT2D eigenvalue weighted by molar-refractivity contribution is -0.387. The number of nitro groups is 1. The third-order valence-corrected chi connectivity index (χ3v) is 2.20. The first-order valence-corrected chi connectivity index (χ1v) is 5.28. The van der Waals surface area contributed by atoms with Gasteiger partial charge in [0.05, 0.1) is 4.92 Å². The lowest BCUT2D eigenvalue weighted by Gasteiger charge is -2.07. The second-order valence-corrected chi connectivity index (χ2v) is 3.56. The molecule has 0 aliphatic rings. The number of hydrogen-bond donors (Lipinski definition) is 3. The van der Waals surface area contributed by atoms with Crippen LogP contribution in [-0.4, -0.2) is 30.0 Å². The fourth-order valence-corrected chi connectivity index (χ4v) is 1.34. The van der Waals surface area contributed by atoms with Crippen molar-refractivity contribution in [1.82, 2.24) is 10.6 Å². The molecule has 0 aliphatic heterocycles. The topological polar surface area (TPSA) is 127 Å². The van der Waals surface area contributed by atoms with Gasteiger partial charge in [-0.15, -0.1) is 0 Å². The molecule has 0 radical (unpaired) electrons. The van der Waals surface area contributed by atoms with Crippen molar-refractivity contribution in [3.8, 4) is 0 Å². The van der Waals surface area contributed by atoms with Gasteiger partial charge in [0.1, 0.15) is 11.4 Å². The number of carbonyl (C=O) groups is 2. The monoisotopic (exact) mass is 288 g/mol. The highest BCUT2D eigenvalue weighted by Gasteiger charge is 2.25. The minimum Gasteiger partial charge on any atom is -0.352 e. The van der Waals surface area contributed by atoms with Crippen LogP contribution in [0.5, 0.6) is 0 Å². The van der Waals surface area contributed by atoms with Gasteiger partial charge in [0.15, 0.2) is 0 Å². The number of nitrogens with one attached hydrogen (secondary N) is 2. The second kappa shape index (κ2) is 6.41. The van der Waals surface area contributed by atoms with E-state index in [1.807, 2.05) is 0 Å². The first kappa shape index (κ1) is 15.3. The number of nitrogens with zero attached hydrogens (tertiary/aromatic N) is 1. The summed E-state index contributed by atoms with van der Waals surface area (Å²) in [5, 5.41) is 14.7. The Morgan fingerprint density at radius 1 is 1.25 bits per heavy atom. The molecular formula is C10H10F2N4O4. The Balaban J connectivity index is 2.84. The van der Waals surface area contributed by atoms with E-state index in [4.69, 9.17) is 5.73 Å². The van der Waals surface area contributed by atoms with E-state index < -0.39 is 39.7 Å². The summed E-state index contributed by atoms with van der Waals surface area (Å²) in [5.74, 6) is -3.96. The van der Waals surface area contributed by atoms with Gasteiger partial charge in [-0.05, 0) is 6.07 Å². The zero-order valence-corrected chi connectivity index (χ0v) is 9.98. The summed E-state index contributed by atoms with van der Waals surface area (Å²) in [5.41, 5.74) is 2.70. The highest BCUT2D eigenvalue weighted by molar-refractivity contribution is 5.95. The molecule has 1 rings (SSSR count). The van der Waals surface area contributed by atoms with E-state index in [1.54, 1.807) is 0 Å². The molecule has 0 saturated carbocycles. The molecule has 0 fully saturated rings. The van der Waals surface area contributed by atoms with Crippen molar-refractivity contribution in [2.24, 2.45) is 5.73 Å². The van der Waals surface area contributed by atoms with Gasteiger partial charge in [-0.25, -0.2) is 9.18 Å². The van der Waals surface area contributed by atoms with Crippen LogP contribution < -0.4 is 16.4 Å². The molecule has 10 heteroatoms. The van der Waals surface area contributed by atoms with Crippen LogP contribution in [0, 0.1) is 21.7 Å². The van der Waals surface area contributed by atoms with Crippen molar-refractivity contribution < 1.29 is 23.3 Å². The van der Waals surface area contributed by atoms with Gasteiger partial charge in [-0.1, -0.05) is 0 Å². The first-order chi connectivity index (χ1) is 9.34. The fraction of sp³-hybridized carbons (Fsp3) is 0.200. The Morgan fingerprint density at radius 2 is 1.85 bits per heavy atom. The van der Waals surface area contributed by atoms with Crippen LogP contribution in [0.25, 0.3) is 0 Å². The Bertz CT molecular complexity index is 564. The van der Waals surface area contributed by atoms with Crippen molar-refractivity contribution in [3.63, 3.8) is 0 Å². The Morgan fingerprint density at radius 3 is 2.40 bits per heavy atom. The van der Waals surface area contributed by atoms with Crippen molar-refractivity contribution >= 4 is 17.6 Å². The summed E-state index contributed by atoms with van der Waals surface area (Å²) in [4.78, 5) is 31.3. The number of amides is 3. The van der Waals surface area contributed by atoms with Gasteiger partial charge in [0.2, 0.25) is 5.82 Å². The van der Waals surface area contributed by atoms with Gasteiger partial charge in [-0.2, -0.15) is 4.39 Å². The van der Waals surface area contributed by atoms with Gasteiger partial charge in [0, 0.05) is 19.2 Å². The first-order valence-electron chi connectivity index (χ1n) is 5.28. The van der Waals surface area contributed by atoms with E-state index in [-0.39, 0.29) is 13.1 Å². The van der Waals surface area contributed by atoms with Crippen molar-refractivity contribution in [2.45, 2.75) is 0 Å². The fourth-order valence-electron chi connectivity index (χ4n) is 1.34. The normalized spacial score (nSPS) is 9.90. The maximum Gasteiger partial charge on any atom is 0.312 e. The number of nitrogens with two attached hydrogens (primary N) is 1. The van der Waals surface area contributed by atoms with Crippen molar-refractivity contribution in [2.75, 3.05) is 13.1 Å². The number of hydrogen-bond acceptors (Lipinski definition) is 4. The van der Waals surface area contributed by atoms with Gasteiger partial charge < -0.3 is 16.4 Å². The SMILES string of the molecule is NC(=O)NCCNC(=O)c1c(F)ccc([N+](=O)[O-])c1F. The summed E-state index contributed by atoms with van der Waals surface area (Å²) in [6.07, 6.45) is 0. The van der Waals surface area contributed by atoms with E-state index in [0.717, 1.165) is 0 Å². The zero-order valence-electron chi connectivity index (χ0n) is 9.98. The molecule has 20 heavy (non-hydrogen) atoms. The molecule has 8 nitrogen and oxygen atoms in total. The van der Waals surface area contributed by atoms with Gasteiger partial charge in [0.25, 0.3) is 5.91 Å². The van der Waals surface area contributed by atoms with Crippen LogP contribution in [-0.2, 0) is 0 Å². The summed E-state index contributed by atoms with van der Waals surface area (Å²) < 4.78 is 27.0. The number of halogens is 2. The van der Waals surface area contributed by atoms with Crippen LogP contribution in [0.3, 0.4) is 0 Å². The summed E-state index contributed by atoms with van der Waals surface area (Å²) in [7, 11) is 0. The number of nitro benzene ring substituents is 1. The Hall–Kier alpha value is -2.78. The van der Waals surface area contributed by atoms with E-state index in [9.17, 15) is 28.5 Å². The van der Waals surface area contributed by atoms with Gasteiger partial charge >= 0.3 is 11.7 Å². The summed E-state index contributed by atoms with van der Waals surface area (Å²) in [6, 6.07) is 0.417. The lowest BCUT2D eigenvalue weighted by Crippen LogP contribution is -2.37. The molecule has 1 aromatic carbocycles. The van der Waals surface area contributed by atoms with Crippen LogP contribution in [0.1, 0.15) is 10.4 Å². The maximum absolute atomic E-state index is 13.6. The predicted octanol–water partition coefficient (Wildman–Crippen LogP) is 0.271. The van der Waals surface area contributed by atoms with Crippen LogP contribution in [0.15, 0.2) is 12.1 Å². The molecule has 0 unspecified atom stereocenters. The average molecular weight is 288 g/mol. The maximum atomic E-state index is 13.6. The summed E-state index contributed by atoms with van der Waals surface area (Å²) in [6.45, 7) is -0.206. The van der Waals surface area contributed by atoms with Crippen LogP contribution in [0.4, 0.5) is 19.3 Å². The Labute approximate surface area is 111 Å². The largest absolute Gasteiger partial charge is 0.352 e. The lowest BCUT2D eigenvalue weighted by atomic mass is 10.1. The molecule has 4 N–H and O–H groups in total. The molecule has 0 spiro atoms. The van der Waals surface area contributed by atoms with Crippen LogP contribution in [0.2, 0.25) is 0 Å². The zero-order chi connectivity index (χ0) is 15.3. The average Bonchev–Trinajstić information content (AvgIpc) is 2.34. The molecule has 0 atom stereocenters. The van der Waals surface area contributed by atoms with E-state index >= 15 is 0 Å². The summed E-state index contributed by atoms with van der Waals surface area (Å²) >= 11 is 0. The van der Waals surface area contributed by atoms with E-state index in [1.165, 1.54) is 0 Å². The third kappa shape index (κ3) is 3.60. The Kier molecular flexibility index (Phi) is 4.89. The van der Waals surface area contributed by atoms with Crippen molar-refractivity contribution in [1.29, 1.82) is 0 Å². The number of rotatable bonds is 5. The van der Waals surface area contributed by atoms with E-state index in [0.29, 0.717) is 12.1 Å². The molecule has 0 heterocycles. The molecule has 3 amide bonds. The van der Waals surface area contributed by atoms with Crippen LogP contribution >= 0.6 is 0 Å². The molecule has 0 saturated heterocycles. The highest BCUT2D eigenvalue weighted by atomic mass is 19.1. The standard InChI is InChI=1S/C10H10F2N4O4/c11-5-1-2-6(16(19)20)8(12)7(5)9(17)14-3-4-15-10(13)18/h1-2H,3-4H2,(H,14,17)(H3,13,15,18). The second-order valence-electron chi connectivity index (χ2n) is 3.56. The molecular weight excluding hydrogens is 278 g/mol. The molecule has 1 aromatic rings. The number of urea groups is 1. The predicted molar refractivity (Wildman–Crippen MR) is 62.9 cm³/mol. The minimum absolute atomic E-state index is 0.0563. The minimum atomic E-state index is -1.56. The number of carbonyl (C=O) groups excluding carboxylic acids is 2. The number of benzene rings is 1.